The molecule has 11 atom stereocenters. The SMILES string of the molecule is O=c1ccn([C@@H]2O[C@H](COP(=O)(O)OP(=O)(O)OP(=O)(O)OC[C@H]3O[C@H](n4ccc(=O)[nH]c4=O)[C@H](O)[C@@H]3O)[C@@H](O)[C@H]2O)c(=O)[nH]1. The summed E-state index contributed by atoms with van der Waals surface area (Å²) in [6.07, 6.45) is -12.1. The minimum Gasteiger partial charge on any atom is -0.387 e. The summed E-state index contributed by atoms with van der Waals surface area (Å²) in [5, 5.41) is 40.7. The third kappa shape index (κ3) is 8.47. The Balaban J connectivity index is 1.31. The highest BCUT2D eigenvalue weighted by atomic mass is 31.3. The van der Waals surface area contributed by atoms with Crippen LogP contribution in [0.1, 0.15) is 12.5 Å². The van der Waals surface area contributed by atoms with Crippen molar-refractivity contribution in [1.29, 1.82) is 0 Å². The Morgan fingerprint density at radius 3 is 1.33 bits per heavy atom. The average molecular weight is 710 g/mol. The summed E-state index contributed by atoms with van der Waals surface area (Å²) < 4.78 is 65.2. The van der Waals surface area contributed by atoms with Crippen LogP contribution >= 0.6 is 23.5 Å². The van der Waals surface area contributed by atoms with E-state index in [9.17, 15) is 68.0 Å². The number of aromatic amines is 2. The van der Waals surface area contributed by atoms with Gasteiger partial charge in [0.05, 0.1) is 13.2 Å². The van der Waals surface area contributed by atoms with Gasteiger partial charge in [-0.15, -0.1) is 0 Å². The van der Waals surface area contributed by atoms with Gasteiger partial charge in [0.2, 0.25) is 0 Å². The lowest BCUT2D eigenvalue weighted by molar-refractivity contribution is -0.0549. The first-order chi connectivity index (χ1) is 20.8. The third-order valence-electron chi connectivity index (χ3n) is 6.14. The molecule has 252 valence electrons. The number of rotatable bonds is 12. The maximum atomic E-state index is 12.2. The normalized spacial score (nSPS) is 32.5. The monoisotopic (exact) mass is 710 g/mol. The average Bonchev–Trinajstić information content (AvgIpc) is 3.35. The molecule has 2 aromatic rings. The molecular formula is C18H25N4O20P3. The van der Waals surface area contributed by atoms with Gasteiger partial charge in [0.1, 0.15) is 36.6 Å². The number of aliphatic hydroxyl groups is 4. The lowest BCUT2D eigenvalue weighted by Gasteiger charge is -2.21. The van der Waals surface area contributed by atoms with E-state index >= 15 is 0 Å². The van der Waals surface area contributed by atoms with Gasteiger partial charge >= 0.3 is 34.8 Å². The third-order valence-corrected chi connectivity index (χ3v) is 10.4. The first-order valence-electron chi connectivity index (χ1n) is 12.2. The fraction of sp³-hybridized carbons (Fsp3) is 0.556. The maximum Gasteiger partial charge on any atom is 0.490 e. The van der Waals surface area contributed by atoms with Crippen molar-refractivity contribution in [1.82, 2.24) is 19.1 Å². The Bertz CT molecular complexity index is 1650. The van der Waals surface area contributed by atoms with E-state index in [-0.39, 0.29) is 0 Å². The van der Waals surface area contributed by atoms with Crippen LogP contribution < -0.4 is 22.5 Å². The molecule has 3 unspecified atom stereocenters. The lowest BCUT2D eigenvalue weighted by Crippen LogP contribution is -2.37. The number of ether oxygens (including phenoxy) is 2. The highest BCUT2D eigenvalue weighted by molar-refractivity contribution is 7.66. The van der Waals surface area contributed by atoms with Crippen LogP contribution in [0.25, 0.3) is 0 Å². The molecule has 27 heteroatoms. The van der Waals surface area contributed by atoms with E-state index in [0.29, 0.717) is 9.13 Å². The molecule has 0 radical (unpaired) electrons. The molecule has 4 rings (SSSR count). The number of phosphoric ester groups is 2. The van der Waals surface area contributed by atoms with Gasteiger partial charge in [-0.3, -0.25) is 37.7 Å². The van der Waals surface area contributed by atoms with E-state index in [1.54, 1.807) is 0 Å². The van der Waals surface area contributed by atoms with Crippen LogP contribution in [0, 0.1) is 0 Å². The molecule has 2 fully saturated rings. The number of hydrogen-bond acceptors (Lipinski definition) is 17. The van der Waals surface area contributed by atoms with Crippen molar-refractivity contribution in [3.63, 3.8) is 0 Å². The Morgan fingerprint density at radius 2 is 1.00 bits per heavy atom. The predicted molar refractivity (Wildman–Crippen MR) is 138 cm³/mol. The Labute approximate surface area is 247 Å². The second-order valence-corrected chi connectivity index (χ2v) is 13.9. The summed E-state index contributed by atoms with van der Waals surface area (Å²) in [5.74, 6) is 0. The van der Waals surface area contributed by atoms with Gasteiger partial charge in [0.15, 0.2) is 12.5 Å². The van der Waals surface area contributed by atoms with Gasteiger partial charge in [0, 0.05) is 24.5 Å². The maximum absolute atomic E-state index is 12.2. The molecule has 0 bridgehead atoms. The van der Waals surface area contributed by atoms with Gasteiger partial charge in [-0.1, -0.05) is 0 Å². The second kappa shape index (κ2) is 13.3. The number of nitrogens with one attached hydrogen (secondary N) is 2. The second-order valence-electron chi connectivity index (χ2n) is 9.29. The zero-order chi connectivity index (χ0) is 33.5. The molecule has 4 heterocycles. The van der Waals surface area contributed by atoms with Crippen molar-refractivity contribution in [2.24, 2.45) is 0 Å². The van der Waals surface area contributed by atoms with Crippen LogP contribution in [0.2, 0.25) is 0 Å². The van der Waals surface area contributed by atoms with Crippen molar-refractivity contribution in [3.05, 3.63) is 66.2 Å². The number of H-pyrrole nitrogens is 2. The first-order valence-corrected chi connectivity index (χ1v) is 16.6. The van der Waals surface area contributed by atoms with Crippen molar-refractivity contribution >= 4 is 23.5 Å². The number of nitrogens with zero attached hydrogens (tertiary/aromatic N) is 2. The van der Waals surface area contributed by atoms with E-state index in [0.717, 1.165) is 24.5 Å². The van der Waals surface area contributed by atoms with E-state index in [4.69, 9.17) is 9.47 Å². The molecular weight excluding hydrogens is 685 g/mol. The van der Waals surface area contributed by atoms with Crippen LogP contribution in [-0.4, -0.2) is 104 Å². The number of hydrogen-bond donors (Lipinski definition) is 9. The summed E-state index contributed by atoms with van der Waals surface area (Å²) in [6, 6.07) is 1.79. The number of aromatic nitrogens is 4. The molecule has 45 heavy (non-hydrogen) atoms. The van der Waals surface area contributed by atoms with Crippen LogP contribution in [0.15, 0.2) is 43.7 Å². The highest BCUT2D eigenvalue weighted by Crippen LogP contribution is 2.67. The quantitative estimate of drug-likeness (QED) is 0.0940. The molecule has 9 N–H and O–H groups in total. The fourth-order valence-electron chi connectivity index (χ4n) is 4.11. The zero-order valence-corrected chi connectivity index (χ0v) is 24.7. The summed E-state index contributed by atoms with van der Waals surface area (Å²) in [4.78, 5) is 79.5. The zero-order valence-electron chi connectivity index (χ0n) is 22.0. The van der Waals surface area contributed by atoms with E-state index in [1.807, 2.05) is 9.97 Å². The fourth-order valence-corrected chi connectivity index (χ4v) is 7.63. The Morgan fingerprint density at radius 1 is 0.644 bits per heavy atom. The number of phosphoric acid groups is 3. The van der Waals surface area contributed by atoms with E-state index in [2.05, 4.69) is 17.7 Å². The van der Waals surface area contributed by atoms with Crippen LogP contribution in [-0.2, 0) is 40.8 Å². The molecule has 0 spiro atoms. The van der Waals surface area contributed by atoms with Gasteiger partial charge in [-0.05, 0) is 0 Å². The summed E-state index contributed by atoms with van der Waals surface area (Å²) >= 11 is 0. The van der Waals surface area contributed by atoms with Crippen LogP contribution in [0.5, 0.6) is 0 Å². The summed E-state index contributed by atoms with van der Waals surface area (Å²) in [6.45, 7) is -2.26. The van der Waals surface area contributed by atoms with Gasteiger partial charge in [-0.2, -0.15) is 8.62 Å². The molecule has 0 saturated carbocycles. The molecule has 2 aromatic heterocycles. The smallest absolute Gasteiger partial charge is 0.387 e. The molecule has 2 aliphatic rings. The van der Waals surface area contributed by atoms with Crippen molar-refractivity contribution in [3.8, 4) is 0 Å². The summed E-state index contributed by atoms with van der Waals surface area (Å²) in [7, 11) is -17.4. The van der Waals surface area contributed by atoms with Crippen molar-refractivity contribution < 1.29 is 75.9 Å². The Hall–Kier alpha value is -2.47. The lowest BCUT2D eigenvalue weighted by atomic mass is 10.1. The first kappa shape index (κ1) is 35.4. The van der Waals surface area contributed by atoms with E-state index in [1.165, 1.54) is 0 Å². The standard InChI is InChI=1S/C18H25N4O20P3/c23-9-1-3-21(17(29)19-9)15-13(27)11(25)7(39-15)5-37-43(31,32)41-45(35,36)42-44(33,34)38-6-8-12(26)14(28)16(40-8)22-4-2-10(24)20-18(22)30/h1-4,7-8,11-16,25-28H,5-6H2,(H,31,32)(H,33,34)(H,35,36)(H,19,23,29)(H,20,24,30)/t7-,8-,11-,12-,13-,14-,15-,16+/m1/s1. The molecule has 2 aliphatic heterocycles. The highest BCUT2D eigenvalue weighted by Gasteiger charge is 2.48. The van der Waals surface area contributed by atoms with Gasteiger partial charge in [0.25, 0.3) is 11.1 Å². The minimum absolute atomic E-state index is 0.679. The van der Waals surface area contributed by atoms with Gasteiger partial charge < -0.3 is 44.6 Å². The summed E-state index contributed by atoms with van der Waals surface area (Å²) in [5.41, 5.74) is -3.65. The largest absolute Gasteiger partial charge is 0.490 e. The molecule has 2 saturated heterocycles. The molecule has 0 aliphatic carbocycles. The number of aliphatic hydroxyl groups excluding tert-OH is 4. The van der Waals surface area contributed by atoms with Crippen LogP contribution in [0.4, 0.5) is 0 Å². The molecule has 24 nitrogen and oxygen atoms in total. The van der Waals surface area contributed by atoms with Crippen molar-refractivity contribution in [2.45, 2.75) is 49.1 Å². The predicted octanol–water partition coefficient (Wildman–Crippen LogP) is -4.31. The molecule has 0 aromatic carbocycles. The van der Waals surface area contributed by atoms with E-state index < -0.39 is 108 Å². The van der Waals surface area contributed by atoms with Gasteiger partial charge in [-0.25, -0.2) is 23.3 Å². The molecule has 0 amide bonds. The topological polar surface area (TPSA) is 358 Å². The Kier molecular flexibility index (Phi) is 10.5. The van der Waals surface area contributed by atoms with Crippen molar-refractivity contribution in [2.75, 3.05) is 13.2 Å². The van der Waals surface area contributed by atoms with Crippen LogP contribution in [0.3, 0.4) is 0 Å². The minimum atomic E-state index is -6.00.